The first-order valence-corrected chi connectivity index (χ1v) is 15.1. The van der Waals surface area contributed by atoms with Crippen LogP contribution in [0.1, 0.15) is 54.0 Å². The third-order valence-corrected chi connectivity index (χ3v) is 14.4. The maximum atomic E-state index is 6.65. The Balaban J connectivity index is 3.35. The van der Waals surface area contributed by atoms with E-state index in [4.69, 9.17) is 8.85 Å². The average Bonchev–Trinajstić information content (AvgIpc) is 2.39. The molecule has 0 saturated heterocycles. The summed E-state index contributed by atoms with van der Waals surface area (Å²) in [6.07, 6.45) is 4.16. The highest BCUT2D eigenvalue weighted by Gasteiger charge is 2.42. The van der Waals surface area contributed by atoms with Gasteiger partial charge in [0.15, 0.2) is 0 Å². The van der Waals surface area contributed by atoms with Gasteiger partial charge in [-0.15, -0.1) is 0 Å². The summed E-state index contributed by atoms with van der Waals surface area (Å²) in [5.74, 6) is 1.79. The van der Waals surface area contributed by atoms with E-state index in [0.717, 1.165) is 17.1 Å². The molecule has 2 nitrogen and oxygen atoms in total. The minimum absolute atomic E-state index is 0.151. The molecule has 0 aliphatic heterocycles. The molecule has 0 atom stereocenters. The highest BCUT2D eigenvalue weighted by Crippen LogP contribution is 2.43. The van der Waals surface area contributed by atoms with Crippen LogP contribution in [-0.4, -0.2) is 16.6 Å². The normalized spacial score (nSPS) is 14.0. The Morgan fingerprint density at radius 3 is 1.60 bits per heavy atom. The summed E-state index contributed by atoms with van der Waals surface area (Å²) in [5.41, 5.74) is 1.15. The molecule has 0 bridgehead atoms. The molecule has 0 spiro atoms. The second-order valence-corrected chi connectivity index (χ2v) is 19.4. The Hall–Kier alpha value is -1.01. The summed E-state index contributed by atoms with van der Waals surface area (Å²) < 4.78 is 13.2. The van der Waals surface area contributed by atoms with Gasteiger partial charge < -0.3 is 8.85 Å². The molecular weight excluding hydrogens is 340 g/mol. The van der Waals surface area contributed by atoms with E-state index in [2.05, 4.69) is 98.1 Å². The van der Waals surface area contributed by atoms with E-state index in [1.54, 1.807) is 0 Å². The van der Waals surface area contributed by atoms with Crippen molar-refractivity contribution in [2.24, 2.45) is 0 Å². The molecule has 0 amide bonds. The van der Waals surface area contributed by atoms with Crippen molar-refractivity contribution >= 4 is 22.7 Å². The summed E-state index contributed by atoms with van der Waals surface area (Å²) in [7, 11) is -3.85. The van der Waals surface area contributed by atoms with Crippen molar-refractivity contribution in [2.45, 2.75) is 84.7 Å². The van der Waals surface area contributed by atoms with Gasteiger partial charge in [0.2, 0.25) is 0 Å². The predicted octanol–water partition coefficient (Wildman–Crippen LogP) is 7.49. The largest absolute Gasteiger partial charge is 0.541 e. The van der Waals surface area contributed by atoms with Crippen LogP contribution in [0.2, 0.25) is 36.3 Å². The van der Waals surface area contributed by atoms with Crippen LogP contribution in [-0.2, 0) is 0 Å². The van der Waals surface area contributed by atoms with Crippen molar-refractivity contribution in [3.8, 4) is 11.5 Å². The molecule has 4 heteroatoms. The molecule has 0 aliphatic carbocycles. The van der Waals surface area contributed by atoms with Crippen LogP contribution in [0.15, 0.2) is 24.3 Å². The van der Waals surface area contributed by atoms with E-state index in [9.17, 15) is 0 Å². The van der Waals surface area contributed by atoms with Crippen molar-refractivity contribution in [2.75, 3.05) is 0 Å². The van der Waals surface area contributed by atoms with Crippen LogP contribution in [0.25, 0.3) is 6.08 Å². The Kier molecular flexibility index (Phi) is 6.45. The first-order chi connectivity index (χ1) is 11.1. The van der Waals surface area contributed by atoms with Crippen molar-refractivity contribution in [1.82, 2.24) is 0 Å². The third-order valence-electron chi connectivity index (χ3n) is 5.67. The topological polar surface area (TPSA) is 18.5 Å². The molecule has 0 aliphatic rings. The lowest BCUT2D eigenvalue weighted by Crippen LogP contribution is -2.45. The fourth-order valence-corrected chi connectivity index (χ4v) is 3.88. The van der Waals surface area contributed by atoms with Crippen molar-refractivity contribution in [3.63, 3.8) is 0 Å². The highest BCUT2D eigenvalue weighted by atomic mass is 28.4. The van der Waals surface area contributed by atoms with Gasteiger partial charge in [-0.05, 0) is 60.9 Å². The number of hydrogen-bond donors (Lipinski definition) is 0. The molecule has 1 rings (SSSR count). The molecule has 0 unspecified atom stereocenters. The van der Waals surface area contributed by atoms with Crippen molar-refractivity contribution in [3.05, 3.63) is 29.8 Å². The smallest absolute Gasteiger partial charge is 0.250 e. The number of rotatable bonds is 5. The Morgan fingerprint density at radius 1 is 0.760 bits per heavy atom. The zero-order valence-corrected chi connectivity index (χ0v) is 20.2. The zero-order valence-electron chi connectivity index (χ0n) is 18.2. The summed E-state index contributed by atoms with van der Waals surface area (Å²) >= 11 is 0. The molecule has 0 radical (unpaired) electrons. The van der Waals surface area contributed by atoms with Gasteiger partial charge in [-0.2, -0.15) is 0 Å². The molecule has 1 aromatic rings. The summed E-state index contributed by atoms with van der Waals surface area (Å²) in [6, 6.07) is 6.32. The van der Waals surface area contributed by atoms with Crippen LogP contribution in [0, 0.1) is 0 Å². The van der Waals surface area contributed by atoms with Gasteiger partial charge in [0.1, 0.15) is 11.5 Å². The number of allylic oxidation sites excluding steroid dienone is 1. The van der Waals surface area contributed by atoms with Gasteiger partial charge in [-0.3, -0.25) is 0 Å². The van der Waals surface area contributed by atoms with E-state index in [1.165, 1.54) is 0 Å². The molecule has 0 aromatic heterocycles. The predicted molar refractivity (Wildman–Crippen MR) is 117 cm³/mol. The monoisotopic (exact) mass is 378 g/mol. The van der Waals surface area contributed by atoms with E-state index < -0.39 is 16.6 Å². The molecule has 142 valence electrons. The summed E-state index contributed by atoms with van der Waals surface area (Å²) in [6.45, 7) is 24.8. The summed E-state index contributed by atoms with van der Waals surface area (Å²) in [5, 5.41) is 0.307. The maximum Gasteiger partial charge on any atom is 0.250 e. The average molecular weight is 379 g/mol. The van der Waals surface area contributed by atoms with Crippen LogP contribution in [0.4, 0.5) is 0 Å². The number of hydrogen-bond acceptors (Lipinski definition) is 2. The second-order valence-electron chi connectivity index (χ2n) is 9.93. The lowest BCUT2D eigenvalue weighted by Gasteiger charge is -2.39. The highest BCUT2D eigenvalue weighted by molar-refractivity contribution is 6.75. The first kappa shape index (κ1) is 22.0. The fourth-order valence-electron chi connectivity index (χ4n) is 1.84. The van der Waals surface area contributed by atoms with E-state index >= 15 is 0 Å². The van der Waals surface area contributed by atoms with Crippen LogP contribution >= 0.6 is 0 Å². The van der Waals surface area contributed by atoms with Gasteiger partial charge in [0.05, 0.1) is 0 Å². The fraction of sp³-hybridized carbons (Fsp3) is 0.619. The van der Waals surface area contributed by atoms with E-state index in [1.807, 2.05) is 6.92 Å². The third kappa shape index (κ3) is 5.48. The van der Waals surface area contributed by atoms with Gasteiger partial charge in [-0.25, -0.2) is 0 Å². The van der Waals surface area contributed by atoms with Gasteiger partial charge >= 0.3 is 0 Å². The van der Waals surface area contributed by atoms with E-state index in [-0.39, 0.29) is 10.1 Å². The molecule has 25 heavy (non-hydrogen) atoms. The van der Waals surface area contributed by atoms with E-state index in [0.29, 0.717) is 0 Å². The Bertz CT molecular complexity index is 618. The second kappa shape index (κ2) is 7.32. The molecule has 0 N–H and O–H groups in total. The van der Waals surface area contributed by atoms with Gasteiger partial charge in [-0.1, -0.05) is 59.8 Å². The van der Waals surface area contributed by atoms with Crippen LogP contribution in [0.5, 0.6) is 11.5 Å². The van der Waals surface area contributed by atoms with Crippen molar-refractivity contribution in [1.29, 1.82) is 0 Å². The summed E-state index contributed by atoms with van der Waals surface area (Å²) in [4.78, 5) is 0. The molecule has 0 saturated carbocycles. The Morgan fingerprint density at radius 2 is 1.20 bits per heavy atom. The minimum atomic E-state index is -1.93. The Labute approximate surface area is 157 Å². The molecule has 1 aromatic carbocycles. The van der Waals surface area contributed by atoms with Crippen LogP contribution < -0.4 is 8.85 Å². The quantitative estimate of drug-likeness (QED) is 0.494. The lowest BCUT2D eigenvalue weighted by atomic mass is 10.2. The van der Waals surface area contributed by atoms with Gasteiger partial charge in [0.25, 0.3) is 16.6 Å². The first-order valence-electron chi connectivity index (χ1n) is 9.25. The van der Waals surface area contributed by atoms with Crippen LogP contribution in [0.3, 0.4) is 0 Å². The molecular formula is C21H38O2Si2. The van der Waals surface area contributed by atoms with Gasteiger partial charge in [0, 0.05) is 0 Å². The SMILES string of the molecule is CC=Cc1ccc(O[Si](C)(C)C(C)(C)C)c(O[Si](C)(C)C(C)(C)C)c1. The minimum Gasteiger partial charge on any atom is -0.541 e. The number of benzene rings is 1. The lowest BCUT2D eigenvalue weighted by molar-refractivity contribution is 0.440. The zero-order chi connectivity index (χ0) is 19.7. The molecule has 0 fully saturated rings. The maximum absolute atomic E-state index is 6.65. The molecule has 0 heterocycles. The standard InChI is InChI=1S/C21H38O2Si2/c1-12-13-17-14-15-18(22-24(8,9)20(2,3)4)19(16-17)23-25(10,11)21(5,6)7/h12-16H,1-11H3. The van der Waals surface area contributed by atoms with Crippen molar-refractivity contribution < 1.29 is 8.85 Å².